The van der Waals surface area contributed by atoms with Crippen molar-refractivity contribution in [3.8, 4) is 6.07 Å². The molecule has 2 aromatic heterocycles. The molecule has 0 aliphatic heterocycles. The van der Waals surface area contributed by atoms with Gasteiger partial charge in [0, 0.05) is 37.1 Å². The monoisotopic (exact) mass is 277 g/mol. The highest BCUT2D eigenvalue weighted by atomic mass is 15.2. The van der Waals surface area contributed by atoms with Gasteiger partial charge < -0.3 is 5.32 Å². The molecule has 0 radical (unpaired) electrons. The first kappa shape index (κ1) is 13.3. The molecule has 0 atom stereocenters. The molecule has 0 aliphatic carbocycles. The summed E-state index contributed by atoms with van der Waals surface area (Å²) < 4.78 is 1.79. The molecule has 0 amide bonds. The lowest BCUT2D eigenvalue weighted by atomic mass is 10.1. The Morgan fingerprint density at radius 2 is 2.10 bits per heavy atom. The molecule has 0 fully saturated rings. The van der Waals surface area contributed by atoms with Crippen LogP contribution in [0.5, 0.6) is 0 Å². The zero-order valence-electron chi connectivity index (χ0n) is 11.7. The van der Waals surface area contributed by atoms with Crippen LogP contribution in [0.2, 0.25) is 0 Å². The fraction of sp³-hybridized carbons (Fsp3) is 0.188. The molecule has 1 aromatic carbocycles. The van der Waals surface area contributed by atoms with Crippen molar-refractivity contribution in [1.82, 2.24) is 19.9 Å². The minimum absolute atomic E-state index is 0.685. The van der Waals surface area contributed by atoms with Gasteiger partial charge in [-0.25, -0.2) is 9.50 Å². The molecule has 104 valence electrons. The van der Waals surface area contributed by atoms with Crippen LogP contribution in [0.3, 0.4) is 0 Å². The van der Waals surface area contributed by atoms with Crippen LogP contribution in [0.1, 0.15) is 22.4 Å². The largest absolute Gasteiger partial charge is 0.309 e. The van der Waals surface area contributed by atoms with Crippen LogP contribution in [-0.4, -0.2) is 14.6 Å². The number of nitrogens with one attached hydrogen (secondary N) is 1. The normalized spacial score (nSPS) is 10.7. The van der Waals surface area contributed by atoms with Crippen LogP contribution in [0.4, 0.5) is 0 Å². The minimum Gasteiger partial charge on any atom is -0.309 e. The summed E-state index contributed by atoms with van der Waals surface area (Å²) in [4.78, 5) is 4.37. The predicted molar refractivity (Wildman–Crippen MR) is 79.4 cm³/mol. The fourth-order valence-corrected chi connectivity index (χ4v) is 2.23. The molecule has 5 nitrogen and oxygen atoms in total. The fourth-order valence-electron chi connectivity index (χ4n) is 2.23. The molecule has 0 saturated heterocycles. The Bertz CT molecular complexity index is 813. The molecule has 2 heterocycles. The second-order valence-electron chi connectivity index (χ2n) is 4.97. The van der Waals surface area contributed by atoms with E-state index < -0.39 is 0 Å². The van der Waals surface area contributed by atoms with Crippen molar-refractivity contribution in [2.24, 2.45) is 0 Å². The van der Waals surface area contributed by atoms with Gasteiger partial charge in [0.15, 0.2) is 5.65 Å². The Morgan fingerprint density at radius 3 is 2.95 bits per heavy atom. The highest BCUT2D eigenvalue weighted by molar-refractivity contribution is 5.39. The second kappa shape index (κ2) is 5.73. The number of hydrogen-bond acceptors (Lipinski definition) is 4. The van der Waals surface area contributed by atoms with Crippen molar-refractivity contribution >= 4 is 5.65 Å². The molecule has 21 heavy (non-hydrogen) atoms. The van der Waals surface area contributed by atoms with Crippen LogP contribution >= 0.6 is 0 Å². The van der Waals surface area contributed by atoms with Gasteiger partial charge in [-0.05, 0) is 24.6 Å². The third-order valence-electron chi connectivity index (χ3n) is 3.20. The summed E-state index contributed by atoms with van der Waals surface area (Å²) in [5.74, 6) is 0. The first-order valence-corrected chi connectivity index (χ1v) is 6.75. The number of fused-ring (bicyclic) bond motifs is 1. The van der Waals surface area contributed by atoms with Crippen molar-refractivity contribution in [3.05, 3.63) is 65.1 Å². The van der Waals surface area contributed by atoms with Gasteiger partial charge in [-0.15, -0.1) is 0 Å². The maximum absolute atomic E-state index is 8.88. The molecule has 3 rings (SSSR count). The number of nitriles is 1. The summed E-state index contributed by atoms with van der Waals surface area (Å²) >= 11 is 0. The Hall–Kier alpha value is -2.71. The van der Waals surface area contributed by atoms with Gasteiger partial charge in [0.05, 0.1) is 17.3 Å². The van der Waals surface area contributed by atoms with E-state index in [0.29, 0.717) is 18.7 Å². The van der Waals surface area contributed by atoms with E-state index in [9.17, 15) is 0 Å². The Balaban J connectivity index is 1.64. The standard InChI is InChI=1S/C16H15N5/c1-12-5-16-19-10-15(11-21(16)20-12)9-18-8-14-4-2-3-13(6-14)7-17/h2-6,10-11,18H,8-9H2,1H3. The zero-order valence-corrected chi connectivity index (χ0v) is 11.7. The molecule has 0 saturated carbocycles. The Labute approximate surface area is 122 Å². The number of aromatic nitrogens is 3. The number of benzene rings is 1. The van der Waals surface area contributed by atoms with Crippen LogP contribution < -0.4 is 5.32 Å². The molecule has 0 unspecified atom stereocenters. The lowest BCUT2D eigenvalue weighted by Crippen LogP contribution is -2.13. The molecular formula is C16H15N5. The van der Waals surface area contributed by atoms with E-state index in [1.54, 1.807) is 10.6 Å². The third-order valence-corrected chi connectivity index (χ3v) is 3.20. The van der Waals surface area contributed by atoms with Crippen molar-refractivity contribution < 1.29 is 0 Å². The van der Waals surface area contributed by atoms with E-state index >= 15 is 0 Å². The lowest BCUT2D eigenvalue weighted by molar-refractivity contribution is 0.685. The van der Waals surface area contributed by atoms with Crippen LogP contribution in [-0.2, 0) is 13.1 Å². The van der Waals surface area contributed by atoms with E-state index in [1.165, 1.54) is 0 Å². The molecular weight excluding hydrogens is 262 g/mol. The quantitative estimate of drug-likeness (QED) is 0.794. The first-order chi connectivity index (χ1) is 10.2. The third kappa shape index (κ3) is 3.07. The molecule has 0 bridgehead atoms. The van der Waals surface area contributed by atoms with Gasteiger partial charge in [-0.2, -0.15) is 10.4 Å². The summed E-state index contributed by atoms with van der Waals surface area (Å²) in [6, 6.07) is 11.7. The maximum atomic E-state index is 8.88. The predicted octanol–water partition coefficient (Wildman–Crippen LogP) is 2.20. The molecule has 1 N–H and O–H groups in total. The van der Waals surface area contributed by atoms with Crippen LogP contribution in [0.25, 0.3) is 5.65 Å². The van der Waals surface area contributed by atoms with Crippen molar-refractivity contribution in [1.29, 1.82) is 5.26 Å². The Morgan fingerprint density at radius 1 is 1.24 bits per heavy atom. The number of nitrogens with zero attached hydrogens (tertiary/aromatic N) is 4. The lowest BCUT2D eigenvalue weighted by Gasteiger charge is -2.05. The zero-order chi connectivity index (χ0) is 14.7. The number of hydrogen-bond donors (Lipinski definition) is 1. The second-order valence-corrected chi connectivity index (χ2v) is 4.97. The summed E-state index contributed by atoms with van der Waals surface area (Å²) in [7, 11) is 0. The van der Waals surface area contributed by atoms with Gasteiger partial charge >= 0.3 is 0 Å². The van der Waals surface area contributed by atoms with E-state index in [4.69, 9.17) is 5.26 Å². The SMILES string of the molecule is Cc1cc2ncc(CNCc3cccc(C#N)c3)cn2n1. The summed E-state index contributed by atoms with van der Waals surface area (Å²) in [6.07, 6.45) is 3.84. The molecule has 0 spiro atoms. The Kier molecular flexibility index (Phi) is 3.63. The van der Waals surface area contributed by atoms with Gasteiger partial charge in [0.2, 0.25) is 0 Å². The van der Waals surface area contributed by atoms with Gasteiger partial charge in [0.1, 0.15) is 0 Å². The molecule has 5 heteroatoms. The topological polar surface area (TPSA) is 66.0 Å². The van der Waals surface area contributed by atoms with E-state index in [1.807, 2.05) is 43.6 Å². The van der Waals surface area contributed by atoms with Gasteiger partial charge in [0.25, 0.3) is 0 Å². The average Bonchev–Trinajstić information content (AvgIpc) is 2.87. The summed E-state index contributed by atoms with van der Waals surface area (Å²) in [5.41, 5.74) is 4.67. The van der Waals surface area contributed by atoms with Crippen LogP contribution in [0.15, 0.2) is 42.7 Å². The molecule has 0 aliphatic rings. The summed E-state index contributed by atoms with van der Waals surface area (Å²) in [5, 5.41) is 16.6. The average molecular weight is 277 g/mol. The van der Waals surface area contributed by atoms with Crippen molar-refractivity contribution in [2.45, 2.75) is 20.0 Å². The van der Waals surface area contributed by atoms with Crippen molar-refractivity contribution in [2.75, 3.05) is 0 Å². The van der Waals surface area contributed by atoms with E-state index in [-0.39, 0.29) is 0 Å². The highest BCUT2D eigenvalue weighted by Gasteiger charge is 2.01. The van der Waals surface area contributed by atoms with E-state index in [2.05, 4.69) is 21.5 Å². The van der Waals surface area contributed by atoms with E-state index in [0.717, 1.165) is 22.5 Å². The highest BCUT2D eigenvalue weighted by Crippen LogP contribution is 2.06. The molecule has 3 aromatic rings. The maximum Gasteiger partial charge on any atom is 0.155 e. The number of rotatable bonds is 4. The van der Waals surface area contributed by atoms with Crippen molar-refractivity contribution in [3.63, 3.8) is 0 Å². The van der Waals surface area contributed by atoms with Gasteiger partial charge in [-0.1, -0.05) is 12.1 Å². The van der Waals surface area contributed by atoms with Crippen LogP contribution in [0, 0.1) is 18.3 Å². The smallest absolute Gasteiger partial charge is 0.155 e. The van der Waals surface area contributed by atoms with Gasteiger partial charge in [-0.3, -0.25) is 0 Å². The summed E-state index contributed by atoms with van der Waals surface area (Å²) in [6.45, 7) is 3.37. The first-order valence-electron chi connectivity index (χ1n) is 6.75. The minimum atomic E-state index is 0.685. The number of aryl methyl sites for hydroxylation is 1.